The summed E-state index contributed by atoms with van der Waals surface area (Å²) in [7, 11) is -1.99. The highest BCUT2D eigenvalue weighted by Crippen LogP contribution is 2.15. The molecule has 1 rings (SSSR count). The van der Waals surface area contributed by atoms with E-state index in [-0.39, 0.29) is 11.4 Å². The zero-order chi connectivity index (χ0) is 15.0. The Morgan fingerprint density at radius 3 is 2.45 bits per heavy atom. The van der Waals surface area contributed by atoms with Crippen LogP contribution in [-0.2, 0) is 16.4 Å². The first-order valence-corrected chi connectivity index (χ1v) is 8.15. The van der Waals surface area contributed by atoms with Gasteiger partial charge in [0.15, 0.2) is 0 Å². The third-order valence-electron chi connectivity index (χ3n) is 2.96. The quantitative estimate of drug-likeness (QED) is 0.584. The van der Waals surface area contributed by atoms with Crippen LogP contribution in [0.3, 0.4) is 0 Å². The number of benzene rings is 1. The summed E-state index contributed by atoms with van der Waals surface area (Å²) in [6.45, 7) is 4.10. The first kappa shape index (κ1) is 16.7. The van der Waals surface area contributed by atoms with Gasteiger partial charge in [-0.1, -0.05) is 25.0 Å². The fraction of sp³-hybridized carbons (Fsp3) is 0.467. The molecule has 0 spiro atoms. The van der Waals surface area contributed by atoms with Crippen molar-refractivity contribution >= 4 is 10.0 Å². The molecule has 0 fully saturated rings. The maximum atomic E-state index is 12.2. The van der Waals surface area contributed by atoms with Gasteiger partial charge in [0.05, 0.1) is 11.4 Å². The Balaban J connectivity index is 2.69. The number of nitrogens with one attached hydrogen (secondary N) is 1. The minimum atomic E-state index is -3.47. The lowest BCUT2D eigenvalue weighted by Gasteiger charge is -2.14. The van der Waals surface area contributed by atoms with Gasteiger partial charge in [0.2, 0.25) is 10.0 Å². The molecule has 0 aliphatic heterocycles. The molecule has 0 aromatic heterocycles. The standard InChI is InChI=1S/C15H22N2O2S/c1-4-11-16-12-10-14-6-8-15(9-7-14)20(18,19)17(3)13-5-2/h2,6-9,16H,4,10-13H2,1,3H3. The molecule has 110 valence electrons. The maximum absolute atomic E-state index is 12.2. The van der Waals surface area contributed by atoms with Gasteiger partial charge in [0, 0.05) is 7.05 Å². The molecule has 1 aromatic rings. The second-order valence-electron chi connectivity index (χ2n) is 4.61. The van der Waals surface area contributed by atoms with Crippen molar-refractivity contribution in [3.63, 3.8) is 0 Å². The molecule has 0 aliphatic carbocycles. The number of sulfonamides is 1. The van der Waals surface area contributed by atoms with Crippen LogP contribution in [0.15, 0.2) is 29.2 Å². The lowest BCUT2D eigenvalue weighted by molar-refractivity contribution is 0.503. The van der Waals surface area contributed by atoms with Gasteiger partial charge in [-0.05, 0) is 43.6 Å². The zero-order valence-electron chi connectivity index (χ0n) is 12.1. The predicted molar refractivity (Wildman–Crippen MR) is 82.0 cm³/mol. The summed E-state index contributed by atoms with van der Waals surface area (Å²) >= 11 is 0. The van der Waals surface area contributed by atoms with Crippen LogP contribution in [0.25, 0.3) is 0 Å². The topological polar surface area (TPSA) is 49.4 Å². The molecule has 0 bridgehead atoms. The molecule has 0 aliphatic rings. The van der Waals surface area contributed by atoms with Gasteiger partial charge in [-0.15, -0.1) is 6.42 Å². The van der Waals surface area contributed by atoms with E-state index in [1.807, 2.05) is 12.1 Å². The van der Waals surface area contributed by atoms with Crippen LogP contribution in [0.1, 0.15) is 18.9 Å². The fourth-order valence-corrected chi connectivity index (χ4v) is 2.84. The van der Waals surface area contributed by atoms with E-state index in [1.54, 1.807) is 12.1 Å². The summed E-state index contributed by atoms with van der Waals surface area (Å²) in [6.07, 6.45) is 7.14. The molecule has 0 unspecified atom stereocenters. The maximum Gasteiger partial charge on any atom is 0.243 e. The van der Waals surface area contributed by atoms with Crippen molar-refractivity contribution in [3.05, 3.63) is 29.8 Å². The van der Waals surface area contributed by atoms with Crippen molar-refractivity contribution in [2.75, 3.05) is 26.7 Å². The Kier molecular flexibility index (Phi) is 6.73. The highest BCUT2D eigenvalue weighted by Gasteiger charge is 2.19. The fourth-order valence-electron chi connectivity index (χ4n) is 1.76. The predicted octanol–water partition coefficient (Wildman–Crippen LogP) is 1.48. The number of hydrogen-bond acceptors (Lipinski definition) is 3. The molecule has 0 atom stereocenters. The van der Waals surface area contributed by atoms with Crippen molar-refractivity contribution < 1.29 is 8.42 Å². The van der Waals surface area contributed by atoms with E-state index in [0.29, 0.717) is 0 Å². The smallest absolute Gasteiger partial charge is 0.243 e. The highest BCUT2D eigenvalue weighted by molar-refractivity contribution is 7.89. The number of terminal acetylenes is 1. The van der Waals surface area contributed by atoms with Gasteiger partial charge in [0.25, 0.3) is 0 Å². The van der Waals surface area contributed by atoms with E-state index in [2.05, 4.69) is 18.2 Å². The van der Waals surface area contributed by atoms with Crippen LogP contribution < -0.4 is 5.32 Å². The van der Waals surface area contributed by atoms with Crippen LogP contribution in [0.5, 0.6) is 0 Å². The lowest BCUT2D eigenvalue weighted by Crippen LogP contribution is -2.27. The SMILES string of the molecule is C#CCN(C)S(=O)(=O)c1ccc(CCNCCC)cc1. The summed E-state index contributed by atoms with van der Waals surface area (Å²) in [5.41, 5.74) is 1.12. The molecular formula is C15H22N2O2S. The summed E-state index contributed by atoms with van der Waals surface area (Å²) in [5.74, 6) is 2.33. The van der Waals surface area contributed by atoms with Crippen LogP contribution in [0.4, 0.5) is 0 Å². The van der Waals surface area contributed by atoms with Crippen LogP contribution in [0.2, 0.25) is 0 Å². The Bertz CT molecular complexity index is 544. The van der Waals surface area contributed by atoms with Gasteiger partial charge in [0.1, 0.15) is 0 Å². The third kappa shape index (κ3) is 4.64. The Hall–Kier alpha value is -1.35. The van der Waals surface area contributed by atoms with Crippen molar-refractivity contribution in [2.24, 2.45) is 0 Å². The summed E-state index contributed by atoms with van der Waals surface area (Å²) < 4.78 is 25.5. The minimum absolute atomic E-state index is 0.0744. The van der Waals surface area contributed by atoms with E-state index < -0.39 is 10.0 Å². The molecule has 5 heteroatoms. The molecule has 1 N–H and O–H groups in total. The molecule has 0 heterocycles. The molecular weight excluding hydrogens is 272 g/mol. The zero-order valence-corrected chi connectivity index (χ0v) is 12.9. The normalized spacial score (nSPS) is 11.5. The van der Waals surface area contributed by atoms with Gasteiger partial charge >= 0.3 is 0 Å². The monoisotopic (exact) mass is 294 g/mol. The average Bonchev–Trinajstić information content (AvgIpc) is 2.44. The van der Waals surface area contributed by atoms with Gasteiger partial charge < -0.3 is 5.32 Å². The molecule has 4 nitrogen and oxygen atoms in total. The second kappa shape index (κ2) is 8.05. The van der Waals surface area contributed by atoms with Gasteiger partial charge in [-0.2, -0.15) is 4.31 Å². The van der Waals surface area contributed by atoms with E-state index in [9.17, 15) is 8.42 Å². The molecule has 0 saturated carbocycles. The number of rotatable bonds is 8. The van der Waals surface area contributed by atoms with E-state index >= 15 is 0 Å². The van der Waals surface area contributed by atoms with Crippen molar-refractivity contribution in [1.82, 2.24) is 9.62 Å². The van der Waals surface area contributed by atoms with Crippen LogP contribution in [0, 0.1) is 12.3 Å². The Morgan fingerprint density at radius 2 is 1.90 bits per heavy atom. The highest BCUT2D eigenvalue weighted by atomic mass is 32.2. The first-order chi connectivity index (χ1) is 9.52. The van der Waals surface area contributed by atoms with E-state index in [1.165, 1.54) is 11.4 Å². The molecule has 1 aromatic carbocycles. The van der Waals surface area contributed by atoms with Gasteiger partial charge in [-0.3, -0.25) is 0 Å². The van der Waals surface area contributed by atoms with Crippen LogP contribution >= 0.6 is 0 Å². The summed E-state index contributed by atoms with van der Waals surface area (Å²) in [6, 6.07) is 6.98. The summed E-state index contributed by atoms with van der Waals surface area (Å²) in [5, 5.41) is 3.31. The first-order valence-electron chi connectivity index (χ1n) is 6.71. The summed E-state index contributed by atoms with van der Waals surface area (Å²) in [4.78, 5) is 0.278. The molecule has 20 heavy (non-hydrogen) atoms. The second-order valence-corrected chi connectivity index (χ2v) is 6.65. The molecule has 0 saturated heterocycles. The van der Waals surface area contributed by atoms with E-state index in [4.69, 9.17) is 6.42 Å². The van der Waals surface area contributed by atoms with Gasteiger partial charge in [-0.25, -0.2) is 8.42 Å². The van der Waals surface area contributed by atoms with Crippen molar-refractivity contribution in [1.29, 1.82) is 0 Å². The third-order valence-corrected chi connectivity index (χ3v) is 4.78. The Labute approximate surface area is 122 Å². The van der Waals surface area contributed by atoms with Crippen LogP contribution in [-0.4, -0.2) is 39.4 Å². The van der Waals surface area contributed by atoms with Crippen molar-refractivity contribution in [2.45, 2.75) is 24.7 Å². The lowest BCUT2D eigenvalue weighted by atomic mass is 10.1. The number of hydrogen-bond donors (Lipinski definition) is 1. The minimum Gasteiger partial charge on any atom is -0.316 e. The Morgan fingerprint density at radius 1 is 1.25 bits per heavy atom. The van der Waals surface area contributed by atoms with Crippen molar-refractivity contribution in [3.8, 4) is 12.3 Å². The average molecular weight is 294 g/mol. The molecule has 0 radical (unpaired) electrons. The largest absolute Gasteiger partial charge is 0.316 e. The molecule has 0 amide bonds. The van der Waals surface area contributed by atoms with E-state index in [0.717, 1.165) is 31.5 Å². The number of nitrogens with zero attached hydrogens (tertiary/aromatic N) is 1.